The summed E-state index contributed by atoms with van der Waals surface area (Å²) in [5.74, 6) is 0. The summed E-state index contributed by atoms with van der Waals surface area (Å²) >= 11 is 3.65. The predicted molar refractivity (Wildman–Crippen MR) is 115 cm³/mol. The minimum atomic E-state index is -0.471. The van der Waals surface area contributed by atoms with Crippen molar-refractivity contribution >= 4 is 61.2 Å². The van der Waals surface area contributed by atoms with Gasteiger partial charge in [-0.1, -0.05) is 46.3 Å². The van der Waals surface area contributed by atoms with Crippen LogP contribution >= 0.6 is 15.9 Å². The van der Waals surface area contributed by atoms with Crippen LogP contribution in [0.4, 0.5) is 0 Å². The SMILES string of the molecule is CC1(C)OB(c2cc(Br)cc3c2oc2c4ccccc4ccc32)OC1(C)C. The lowest BCUT2D eigenvalue weighted by atomic mass is 9.78. The molecule has 5 heteroatoms. The Balaban J connectivity index is 1.80. The minimum absolute atomic E-state index is 0.398. The van der Waals surface area contributed by atoms with Crippen LogP contribution in [0.2, 0.25) is 0 Å². The summed E-state index contributed by atoms with van der Waals surface area (Å²) in [6.07, 6.45) is 0. The third kappa shape index (κ3) is 2.49. The molecule has 0 amide bonds. The Hall–Kier alpha value is -1.82. The summed E-state index contributed by atoms with van der Waals surface area (Å²) in [5, 5.41) is 4.44. The topological polar surface area (TPSA) is 31.6 Å². The van der Waals surface area contributed by atoms with Gasteiger partial charge in [0, 0.05) is 26.1 Å². The van der Waals surface area contributed by atoms with Crippen molar-refractivity contribution in [3.05, 3.63) is 53.0 Å². The highest BCUT2D eigenvalue weighted by molar-refractivity contribution is 9.10. The number of furan rings is 1. The van der Waals surface area contributed by atoms with Crippen molar-refractivity contribution in [1.82, 2.24) is 0 Å². The Labute approximate surface area is 166 Å². The van der Waals surface area contributed by atoms with Crippen LogP contribution in [0.15, 0.2) is 57.4 Å². The average molecular weight is 423 g/mol. The number of rotatable bonds is 1. The zero-order valence-corrected chi connectivity index (χ0v) is 17.4. The Morgan fingerprint density at radius 3 is 2.22 bits per heavy atom. The smallest absolute Gasteiger partial charge is 0.456 e. The van der Waals surface area contributed by atoms with E-state index >= 15 is 0 Å². The maximum atomic E-state index is 6.42. The first-order chi connectivity index (χ1) is 12.8. The first-order valence-electron chi connectivity index (χ1n) is 9.16. The molecule has 1 aromatic heterocycles. The molecule has 1 fully saturated rings. The monoisotopic (exact) mass is 422 g/mol. The van der Waals surface area contributed by atoms with Crippen LogP contribution in [-0.2, 0) is 9.31 Å². The fourth-order valence-electron chi connectivity index (χ4n) is 3.74. The molecular weight excluding hydrogens is 403 g/mol. The van der Waals surface area contributed by atoms with Crippen molar-refractivity contribution in [2.24, 2.45) is 0 Å². The molecule has 136 valence electrons. The van der Waals surface area contributed by atoms with Crippen LogP contribution in [0, 0.1) is 0 Å². The molecule has 2 heterocycles. The maximum absolute atomic E-state index is 6.42. The van der Waals surface area contributed by atoms with Gasteiger partial charge < -0.3 is 13.7 Å². The predicted octanol–water partition coefficient (Wildman–Crippen LogP) is 5.80. The quantitative estimate of drug-likeness (QED) is 0.363. The molecule has 1 saturated heterocycles. The van der Waals surface area contributed by atoms with E-state index in [1.165, 1.54) is 5.39 Å². The normalized spacial score (nSPS) is 18.8. The van der Waals surface area contributed by atoms with Crippen LogP contribution in [0.25, 0.3) is 32.7 Å². The molecule has 0 radical (unpaired) electrons. The molecule has 3 nitrogen and oxygen atoms in total. The van der Waals surface area contributed by atoms with Crippen LogP contribution in [0.3, 0.4) is 0 Å². The summed E-state index contributed by atoms with van der Waals surface area (Å²) in [6, 6.07) is 16.7. The van der Waals surface area contributed by atoms with Gasteiger partial charge in [0.15, 0.2) is 0 Å². The Morgan fingerprint density at radius 2 is 1.48 bits per heavy atom. The molecule has 0 N–H and O–H groups in total. The standard InChI is InChI=1S/C22H20BBrO3/c1-21(2)22(3,4)27-23(26-21)18-12-14(24)11-17-16-10-9-13-7-5-6-8-15(13)19(16)25-20(17)18/h5-12H,1-4H3. The summed E-state index contributed by atoms with van der Waals surface area (Å²) in [5.41, 5.74) is 1.84. The minimum Gasteiger partial charge on any atom is -0.456 e. The second kappa shape index (κ2) is 5.60. The molecule has 0 saturated carbocycles. The van der Waals surface area contributed by atoms with E-state index in [9.17, 15) is 0 Å². The number of halogens is 1. The summed E-state index contributed by atoms with van der Waals surface area (Å²) in [7, 11) is -0.471. The Bertz CT molecular complexity index is 1190. The van der Waals surface area contributed by atoms with Gasteiger partial charge in [-0.05, 0) is 51.3 Å². The van der Waals surface area contributed by atoms with Crippen molar-refractivity contribution in [3.8, 4) is 0 Å². The molecule has 3 aromatic carbocycles. The molecule has 27 heavy (non-hydrogen) atoms. The van der Waals surface area contributed by atoms with Crippen LogP contribution in [0.5, 0.6) is 0 Å². The van der Waals surface area contributed by atoms with Gasteiger partial charge in [0.25, 0.3) is 0 Å². The van der Waals surface area contributed by atoms with E-state index in [1.807, 2.05) is 18.2 Å². The van der Waals surface area contributed by atoms with Crippen LogP contribution in [-0.4, -0.2) is 18.3 Å². The number of fused-ring (bicyclic) bond motifs is 5. The fraction of sp³-hybridized carbons (Fsp3) is 0.273. The molecular formula is C22H20BBrO3. The molecule has 1 aliphatic rings. The van der Waals surface area contributed by atoms with E-state index in [0.29, 0.717) is 0 Å². The van der Waals surface area contributed by atoms with Gasteiger partial charge in [0.1, 0.15) is 11.2 Å². The van der Waals surface area contributed by atoms with Gasteiger partial charge in [-0.3, -0.25) is 0 Å². The first kappa shape index (κ1) is 17.3. The highest BCUT2D eigenvalue weighted by Gasteiger charge is 2.52. The summed E-state index contributed by atoms with van der Waals surface area (Å²) in [4.78, 5) is 0. The summed E-state index contributed by atoms with van der Waals surface area (Å²) in [6.45, 7) is 8.26. The molecule has 4 aromatic rings. The highest BCUT2D eigenvalue weighted by atomic mass is 79.9. The van der Waals surface area contributed by atoms with E-state index in [-0.39, 0.29) is 0 Å². The van der Waals surface area contributed by atoms with E-state index < -0.39 is 18.3 Å². The van der Waals surface area contributed by atoms with Crippen molar-refractivity contribution < 1.29 is 13.7 Å². The third-order valence-corrected chi connectivity index (χ3v) is 6.42. The highest BCUT2D eigenvalue weighted by Crippen LogP contribution is 2.39. The maximum Gasteiger partial charge on any atom is 0.498 e. The third-order valence-electron chi connectivity index (χ3n) is 5.96. The summed E-state index contributed by atoms with van der Waals surface area (Å²) < 4.78 is 20.0. The van der Waals surface area contributed by atoms with E-state index in [2.05, 4.69) is 74.0 Å². The lowest BCUT2D eigenvalue weighted by molar-refractivity contribution is 0.00578. The van der Waals surface area contributed by atoms with E-state index in [4.69, 9.17) is 13.7 Å². The molecule has 0 unspecified atom stereocenters. The largest absolute Gasteiger partial charge is 0.498 e. The van der Waals surface area contributed by atoms with Crippen molar-refractivity contribution in [1.29, 1.82) is 0 Å². The number of hydrogen-bond acceptors (Lipinski definition) is 3. The molecule has 0 bridgehead atoms. The van der Waals surface area contributed by atoms with Crippen molar-refractivity contribution in [2.45, 2.75) is 38.9 Å². The number of benzene rings is 3. The molecule has 1 aliphatic heterocycles. The van der Waals surface area contributed by atoms with Crippen LogP contribution in [0.1, 0.15) is 27.7 Å². The molecule has 5 rings (SSSR count). The van der Waals surface area contributed by atoms with Gasteiger partial charge in [0.2, 0.25) is 0 Å². The van der Waals surface area contributed by atoms with Gasteiger partial charge in [-0.15, -0.1) is 0 Å². The second-order valence-corrected chi connectivity index (χ2v) is 9.14. The average Bonchev–Trinajstić information content (AvgIpc) is 3.08. The molecule has 0 aliphatic carbocycles. The molecule has 0 spiro atoms. The van der Waals surface area contributed by atoms with E-state index in [1.54, 1.807) is 0 Å². The van der Waals surface area contributed by atoms with Gasteiger partial charge in [0.05, 0.1) is 11.2 Å². The van der Waals surface area contributed by atoms with E-state index in [0.717, 1.165) is 37.3 Å². The molecule has 0 atom stereocenters. The van der Waals surface area contributed by atoms with Gasteiger partial charge in [-0.25, -0.2) is 0 Å². The van der Waals surface area contributed by atoms with Gasteiger partial charge >= 0.3 is 7.12 Å². The zero-order chi connectivity index (χ0) is 19.0. The Morgan fingerprint density at radius 1 is 0.778 bits per heavy atom. The lowest BCUT2D eigenvalue weighted by Crippen LogP contribution is -2.41. The van der Waals surface area contributed by atoms with Crippen molar-refractivity contribution in [2.75, 3.05) is 0 Å². The lowest BCUT2D eigenvalue weighted by Gasteiger charge is -2.32. The first-order valence-corrected chi connectivity index (χ1v) is 9.95. The second-order valence-electron chi connectivity index (χ2n) is 8.23. The van der Waals surface area contributed by atoms with Crippen LogP contribution < -0.4 is 5.46 Å². The number of hydrogen-bond donors (Lipinski definition) is 0. The Kier molecular flexibility index (Phi) is 3.59. The van der Waals surface area contributed by atoms with Crippen molar-refractivity contribution in [3.63, 3.8) is 0 Å². The zero-order valence-electron chi connectivity index (χ0n) is 15.8. The van der Waals surface area contributed by atoms with Gasteiger partial charge in [-0.2, -0.15) is 0 Å². The fourth-order valence-corrected chi connectivity index (χ4v) is 4.22.